The number of rotatable bonds is 4. The highest BCUT2D eigenvalue weighted by Gasteiger charge is 2.08. The summed E-state index contributed by atoms with van der Waals surface area (Å²) in [6, 6.07) is 4.82. The van der Waals surface area contributed by atoms with Crippen LogP contribution in [0.15, 0.2) is 18.2 Å². The van der Waals surface area contributed by atoms with Crippen LogP contribution in [0.4, 0.5) is 11.4 Å². The highest BCUT2D eigenvalue weighted by atomic mass is 16.3. The fraction of sp³-hybridized carbons (Fsp3) is 0.300. The average molecular weight is 209 g/mol. The number of primary amides is 1. The van der Waals surface area contributed by atoms with Gasteiger partial charge >= 0.3 is 0 Å². The second-order valence-corrected chi connectivity index (χ2v) is 3.28. The van der Waals surface area contributed by atoms with Crippen molar-refractivity contribution in [1.29, 1.82) is 0 Å². The molecular formula is C10H15N3O2. The molecule has 0 fully saturated rings. The van der Waals surface area contributed by atoms with Crippen molar-refractivity contribution < 1.29 is 9.90 Å². The largest absolute Gasteiger partial charge is 0.397 e. The predicted octanol–water partition coefficient (Wildman–Crippen LogP) is -0.204. The molecule has 0 radical (unpaired) electrons. The van der Waals surface area contributed by atoms with Crippen LogP contribution in [0.5, 0.6) is 0 Å². The van der Waals surface area contributed by atoms with Gasteiger partial charge in [-0.1, -0.05) is 0 Å². The van der Waals surface area contributed by atoms with Crippen molar-refractivity contribution in [3.8, 4) is 0 Å². The highest BCUT2D eigenvalue weighted by Crippen LogP contribution is 2.23. The Labute approximate surface area is 88.3 Å². The molecule has 0 atom stereocenters. The van der Waals surface area contributed by atoms with E-state index in [1.165, 1.54) is 0 Å². The third kappa shape index (κ3) is 2.60. The maximum absolute atomic E-state index is 11.0. The van der Waals surface area contributed by atoms with E-state index in [-0.39, 0.29) is 6.61 Å². The van der Waals surface area contributed by atoms with E-state index in [0.717, 1.165) is 0 Å². The fourth-order valence-electron chi connectivity index (χ4n) is 1.30. The molecule has 0 aromatic heterocycles. The van der Waals surface area contributed by atoms with E-state index in [0.29, 0.717) is 23.5 Å². The number of amides is 1. The molecule has 0 saturated carbocycles. The number of carbonyl (C=O) groups is 1. The number of anilines is 2. The Hall–Kier alpha value is -1.75. The van der Waals surface area contributed by atoms with Crippen molar-refractivity contribution >= 4 is 17.3 Å². The summed E-state index contributed by atoms with van der Waals surface area (Å²) in [7, 11) is 1.78. The van der Waals surface area contributed by atoms with Gasteiger partial charge in [-0.3, -0.25) is 4.79 Å². The minimum Gasteiger partial charge on any atom is -0.397 e. The first-order valence-electron chi connectivity index (χ1n) is 4.57. The summed E-state index contributed by atoms with van der Waals surface area (Å²) < 4.78 is 0. The smallest absolute Gasteiger partial charge is 0.248 e. The molecule has 15 heavy (non-hydrogen) atoms. The van der Waals surface area contributed by atoms with Crippen molar-refractivity contribution in [3.05, 3.63) is 23.8 Å². The van der Waals surface area contributed by atoms with E-state index in [4.69, 9.17) is 16.6 Å². The third-order valence-electron chi connectivity index (χ3n) is 2.16. The molecular weight excluding hydrogens is 194 g/mol. The van der Waals surface area contributed by atoms with Crippen LogP contribution in [0, 0.1) is 0 Å². The Balaban J connectivity index is 3.04. The number of aliphatic hydroxyl groups is 1. The summed E-state index contributed by atoms with van der Waals surface area (Å²) >= 11 is 0. The quantitative estimate of drug-likeness (QED) is 0.598. The summed E-state index contributed by atoms with van der Waals surface area (Å²) in [5, 5.41) is 8.79. The van der Waals surface area contributed by atoms with E-state index in [2.05, 4.69) is 0 Å². The van der Waals surface area contributed by atoms with Crippen LogP contribution in [0.3, 0.4) is 0 Å². The molecule has 0 spiro atoms. The van der Waals surface area contributed by atoms with Crippen molar-refractivity contribution in [3.63, 3.8) is 0 Å². The summed E-state index contributed by atoms with van der Waals surface area (Å²) in [5.74, 6) is -0.492. The van der Waals surface area contributed by atoms with Crippen LogP contribution in [-0.2, 0) is 0 Å². The van der Waals surface area contributed by atoms with Crippen LogP contribution in [0.2, 0.25) is 0 Å². The van der Waals surface area contributed by atoms with Crippen molar-refractivity contribution in [2.75, 3.05) is 30.8 Å². The average Bonchev–Trinajstić information content (AvgIpc) is 2.18. The number of carbonyl (C=O) groups excluding carboxylic acids is 1. The Bertz CT molecular complexity index is 366. The normalized spacial score (nSPS) is 10.0. The molecule has 1 aromatic rings. The zero-order chi connectivity index (χ0) is 11.4. The Morgan fingerprint density at radius 2 is 2.20 bits per heavy atom. The van der Waals surface area contributed by atoms with Gasteiger partial charge in [-0.25, -0.2) is 0 Å². The summed E-state index contributed by atoms with van der Waals surface area (Å²) in [6.07, 6.45) is 0. The van der Waals surface area contributed by atoms with Gasteiger partial charge in [-0.15, -0.1) is 0 Å². The molecule has 1 amide bonds. The molecule has 82 valence electrons. The first-order valence-corrected chi connectivity index (χ1v) is 4.57. The summed E-state index contributed by atoms with van der Waals surface area (Å²) in [4.78, 5) is 12.7. The molecule has 0 heterocycles. The number of nitrogens with zero attached hydrogens (tertiary/aromatic N) is 1. The van der Waals surface area contributed by atoms with Gasteiger partial charge in [-0.05, 0) is 18.2 Å². The zero-order valence-electron chi connectivity index (χ0n) is 8.60. The van der Waals surface area contributed by atoms with Gasteiger partial charge < -0.3 is 21.5 Å². The third-order valence-corrected chi connectivity index (χ3v) is 2.16. The topological polar surface area (TPSA) is 92.6 Å². The maximum atomic E-state index is 11.0. The Kier molecular flexibility index (Phi) is 3.51. The van der Waals surface area contributed by atoms with Crippen molar-refractivity contribution in [1.82, 2.24) is 0 Å². The molecule has 5 nitrogen and oxygen atoms in total. The molecule has 1 aromatic carbocycles. The molecule has 0 saturated heterocycles. The zero-order valence-corrected chi connectivity index (χ0v) is 8.60. The van der Waals surface area contributed by atoms with Gasteiger partial charge in [0, 0.05) is 19.2 Å². The summed E-state index contributed by atoms with van der Waals surface area (Å²) in [5.41, 5.74) is 12.6. The van der Waals surface area contributed by atoms with Crippen LogP contribution in [-0.4, -0.2) is 31.2 Å². The Morgan fingerprint density at radius 3 is 2.73 bits per heavy atom. The molecule has 0 aliphatic rings. The molecule has 0 aliphatic carbocycles. The minimum absolute atomic E-state index is 0.0245. The number of hydrogen-bond donors (Lipinski definition) is 3. The first kappa shape index (κ1) is 11.3. The number of benzene rings is 1. The number of nitrogens with two attached hydrogens (primary N) is 2. The van der Waals surface area contributed by atoms with E-state index in [1.807, 2.05) is 0 Å². The van der Waals surface area contributed by atoms with Gasteiger partial charge in [0.1, 0.15) is 0 Å². The highest BCUT2D eigenvalue weighted by molar-refractivity contribution is 5.95. The lowest BCUT2D eigenvalue weighted by Gasteiger charge is -2.20. The minimum atomic E-state index is -0.492. The lowest BCUT2D eigenvalue weighted by Crippen LogP contribution is -2.23. The summed E-state index contributed by atoms with van der Waals surface area (Å²) in [6.45, 7) is 0.475. The number of aliphatic hydroxyl groups excluding tert-OH is 1. The van der Waals surface area contributed by atoms with Crippen LogP contribution < -0.4 is 16.4 Å². The second-order valence-electron chi connectivity index (χ2n) is 3.28. The molecule has 5 N–H and O–H groups in total. The lowest BCUT2D eigenvalue weighted by molar-refractivity contribution is 0.100. The van der Waals surface area contributed by atoms with Gasteiger partial charge in [0.25, 0.3) is 0 Å². The second kappa shape index (κ2) is 4.65. The first-order chi connectivity index (χ1) is 7.06. The number of nitrogen functional groups attached to an aromatic ring is 1. The molecule has 0 aliphatic heterocycles. The Morgan fingerprint density at radius 1 is 1.53 bits per heavy atom. The lowest BCUT2D eigenvalue weighted by atomic mass is 10.1. The van der Waals surface area contributed by atoms with Crippen molar-refractivity contribution in [2.45, 2.75) is 0 Å². The number of hydrogen-bond acceptors (Lipinski definition) is 4. The van der Waals surface area contributed by atoms with Gasteiger partial charge in [0.05, 0.1) is 18.0 Å². The predicted molar refractivity (Wildman–Crippen MR) is 59.7 cm³/mol. The van der Waals surface area contributed by atoms with Crippen LogP contribution in [0.25, 0.3) is 0 Å². The standard InChI is InChI=1S/C10H15N3O2/c1-13(4-5-14)9-6-7(10(12)15)2-3-8(9)11/h2-3,6,14H,4-5,11H2,1H3,(H2,12,15). The van der Waals surface area contributed by atoms with Crippen molar-refractivity contribution in [2.24, 2.45) is 5.73 Å². The molecule has 1 rings (SSSR count). The monoisotopic (exact) mass is 209 g/mol. The molecule has 5 heteroatoms. The van der Waals surface area contributed by atoms with E-state index < -0.39 is 5.91 Å². The van der Waals surface area contributed by atoms with Gasteiger partial charge in [0.15, 0.2) is 0 Å². The fourth-order valence-corrected chi connectivity index (χ4v) is 1.30. The van der Waals surface area contributed by atoms with Gasteiger partial charge in [-0.2, -0.15) is 0 Å². The van der Waals surface area contributed by atoms with Crippen LogP contribution >= 0.6 is 0 Å². The van der Waals surface area contributed by atoms with Gasteiger partial charge in [0.2, 0.25) is 5.91 Å². The van der Waals surface area contributed by atoms with E-state index in [1.54, 1.807) is 30.1 Å². The van der Waals surface area contributed by atoms with Crippen LogP contribution in [0.1, 0.15) is 10.4 Å². The number of likely N-dealkylation sites (N-methyl/N-ethyl adjacent to an activating group) is 1. The molecule has 0 unspecified atom stereocenters. The van der Waals surface area contributed by atoms with E-state index >= 15 is 0 Å². The van der Waals surface area contributed by atoms with E-state index in [9.17, 15) is 4.79 Å². The SMILES string of the molecule is CN(CCO)c1cc(C(N)=O)ccc1N. The molecule has 0 bridgehead atoms. The maximum Gasteiger partial charge on any atom is 0.248 e.